The highest BCUT2D eigenvalue weighted by molar-refractivity contribution is 6.34. The van der Waals surface area contributed by atoms with Crippen molar-refractivity contribution in [2.45, 2.75) is 12.5 Å². The zero-order chi connectivity index (χ0) is 11.7. The Labute approximate surface area is 104 Å². The fourth-order valence-corrected chi connectivity index (χ4v) is 2.35. The highest BCUT2D eigenvalue weighted by Gasteiger charge is 2.15. The average molecular weight is 252 g/mol. The van der Waals surface area contributed by atoms with Crippen LogP contribution in [-0.2, 0) is 11.2 Å². The van der Waals surface area contributed by atoms with E-state index in [0.717, 1.165) is 43.0 Å². The first-order valence-corrected chi connectivity index (χ1v) is 6.15. The number of morpholine rings is 1. The van der Waals surface area contributed by atoms with Crippen LogP contribution in [0.5, 0.6) is 0 Å². The summed E-state index contributed by atoms with van der Waals surface area (Å²) in [6.45, 7) is 2.44. The van der Waals surface area contributed by atoms with Crippen molar-refractivity contribution in [3.63, 3.8) is 0 Å². The Bertz CT molecular complexity index is 519. The first kappa shape index (κ1) is 11.0. The minimum absolute atomic E-state index is 0.336. The Morgan fingerprint density at radius 2 is 2.41 bits per heavy atom. The molecule has 2 N–H and O–H groups in total. The van der Waals surface area contributed by atoms with E-state index in [1.165, 1.54) is 0 Å². The van der Waals surface area contributed by atoms with Gasteiger partial charge in [0, 0.05) is 19.0 Å². The predicted molar refractivity (Wildman–Crippen MR) is 67.4 cm³/mol. The summed E-state index contributed by atoms with van der Waals surface area (Å²) in [6.07, 6.45) is 0.838. The van der Waals surface area contributed by atoms with E-state index in [2.05, 4.69) is 15.3 Å². The van der Waals surface area contributed by atoms with Crippen molar-refractivity contribution in [2.24, 2.45) is 0 Å². The standard InChI is InChI=1S/C12H14ClN3O/c13-9-2-1-3-10-12(9)16-11(15-10)6-8-7-17-5-4-14-8/h1-3,8,14H,4-7H2,(H,15,16). The number of aromatic nitrogens is 2. The molecule has 1 aliphatic rings. The van der Waals surface area contributed by atoms with Gasteiger partial charge in [-0.3, -0.25) is 0 Å². The Morgan fingerprint density at radius 3 is 3.18 bits per heavy atom. The molecule has 4 nitrogen and oxygen atoms in total. The predicted octanol–water partition coefficient (Wildman–Crippen LogP) is 1.75. The molecule has 0 spiro atoms. The molecule has 2 heterocycles. The molecule has 1 unspecified atom stereocenters. The van der Waals surface area contributed by atoms with Crippen molar-refractivity contribution in [1.82, 2.24) is 15.3 Å². The molecule has 5 heteroatoms. The first-order valence-electron chi connectivity index (χ1n) is 5.77. The van der Waals surface area contributed by atoms with Crippen molar-refractivity contribution in [3.8, 4) is 0 Å². The second-order valence-corrected chi connectivity index (χ2v) is 4.66. The van der Waals surface area contributed by atoms with E-state index in [0.29, 0.717) is 11.1 Å². The van der Waals surface area contributed by atoms with Gasteiger partial charge in [-0.2, -0.15) is 0 Å². The number of imidazole rings is 1. The van der Waals surface area contributed by atoms with Gasteiger partial charge >= 0.3 is 0 Å². The van der Waals surface area contributed by atoms with Gasteiger partial charge < -0.3 is 15.0 Å². The van der Waals surface area contributed by atoms with Crippen LogP contribution in [0, 0.1) is 0 Å². The van der Waals surface area contributed by atoms with Crippen molar-refractivity contribution in [1.29, 1.82) is 0 Å². The third-order valence-corrected chi connectivity index (χ3v) is 3.26. The molecule has 1 atom stereocenters. The molecule has 1 saturated heterocycles. The van der Waals surface area contributed by atoms with Gasteiger partial charge in [0.2, 0.25) is 0 Å². The van der Waals surface area contributed by atoms with Crippen molar-refractivity contribution in [2.75, 3.05) is 19.8 Å². The molecule has 3 rings (SSSR count). The Morgan fingerprint density at radius 1 is 1.47 bits per heavy atom. The van der Waals surface area contributed by atoms with Gasteiger partial charge in [-0.1, -0.05) is 17.7 Å². The molecule has 0 saturated carbocycles. The van der Waals surface area contributed by atoms with Gasteiger partial charge in [-0.05, 0) is 12.1 Å². The van der Waals surface area contributed by atoms with Crippen LogP contribution in [0.3, 0.4) is 0 Å². The molecule has 2 aromatic rings. The van der Waals surface area contributed by atoms with Crippen LogP contribution in [0.2, 0.25) is 5.02 Å². The van der Waals surface area contributed by atoms with E-state index >= 15 is 0 Å². The quantitative estimate of drug-likeness (QED) is 0.855. The molecule has 1 aromatic heterocycles. The lowest BCUT2D eigenvalue weighted by Gasteiger charge is -2.22. The van der Waals surface area contributed by atoms with E-state index in [1.807, 2.05) is 18.2 Å². The lowest BCUT2D eigenvalue weighted by Crippen LogP contribution is -2.42. The average Bonchev–Trinajstić information content (AvgIpc) is 2.74. The second kappa shape index (κ2) is 4.64. The van der Waals surface area contributed by atoms with Crippen molar-refractivity contribution < 1.29 is 4.74 Å². The maximum atomic E-state index is 6.09. The molecule has 0 bridgehead atoms. The van der Waals surface area contributed by atoms with Crippen LogP contribution in [-0.4, -0.2) is 35.8 Å². The summed E-state index contributed by atoms with van der Waals surface area (Å²) in [5, 5.41) is 4.10. The number of para-hydroxylation sites is 1. The summed E-state index contributed by atoms with van der Waals surface area (Å²) >= 11 is 6.09. The van der Waals surface area contributed by atoms with Crippen LogP contribution in [0.15, 0.2) is 18.2 Å². The smallest absolute Gasteiger partial charge is 0.108 e. The summed E-state index contributed by atoms with van der Waals surface area (Å²) in [7, 11) is 0. The topological polar surface area (TPSA) is 49.9 Å². The first-order chi connectivity index (χ1) is 8.33. The van der Waals surface area contributed by atoms with Gasteiger partial charge in [0.05, 0.1) is 23.8 Å². The summed E-state index contributed by atoms with van der Waals surface area (Å²) in [6, 6.07) is 6.11. The fraction of sp³-hybridized carbons (Fsp3) is 0.417. The molecule has 0 amide bonds. The Balaban J connectivity index is 1.83. The minimum atomic E-state index is 0.336. The molecule has 1 fully saturated rings. The zero-order valence-electron chi connectivity index (χ0n) is 9.37. The number of nitrogens with zero attached hydrogens (tertiary/aromatic N) is 1. The third kappa shape index (κ3) is 2.29. The van der Waals surface area contributed by atoms with Crippen molar-refractivity contribution in [3.05, 3.63) is 29.0 Å². The molecular formula is C12H14ClN3O. The lowest BCUT2D eigenvalue weighted by atomic mass is 10.2. The van der Waals surface area contributed by atoms with Gasteiger partial charge in [0.1, 0.15) is 11.3 Å². The van der Waals surface area contributed by atoms with E-state index < -0.39 is 0 Å². The normalized spacial score (nSPS) is 20.9. The van der Waals surface area contributed by atoms with Gasteiger partial charge in [-0.25, -0.2) is 4.98 Å². The zero-order valence-corrected chi connectivity index (χ0v) is 10.1. The molecule has 1 aromatic carbocycles. The monoisotopic (exact) mass is 251 g/mol. The SMILES string of the molecule is Clc1cccc2[nH]c(CC3COCCN3)nc12. The molecular weight excluding hydrogens is 238 g/mol. The molecule has 17 heavy (non-hydrogen) atoms. The summed E-state index contributed by atoms with van der Waals surface area (Å²) in [5.41, 5.74) is 1.84. The van der Waals surface area contributed by atoms with Crippen LogP contribution in [0.4, 0.5) is 0 Å². The van der Waals surface area contributed by atoms with Crippen LogP contribution >= 0.6 is 11.6 Å². The van der Waals surface area contributed by atoms with E-state index in [9.17, 15) is 0 Å². The molecule has 0 aliphatic carbocycles. The highest BCUT2D eigenvalue weighted by Crippen LogP contribution is 2.21. The van der Waals surface area contributed by atoms with E-state index in [4.69, 9.17) is 16.3 Å². The van der Waals surface area contributed by atoms with Crippen LogP contribution < -0.4 is 5.32 Å². The number of H-pyrrole nitrogens is 1. The number of benzene rings is 1. The number of nitrogens with one attached hydrogen (secondary N) is 2. The molecule has 0 radical (unpaired) electrons. The largest absolute Gasteiger partial charge is 0.379 e. The van der Waals surface area contributed by atoms with Crippen LogP contribution in [0.1, 0.15) is 5.82 Å². The maximum Gasteiger partial charge on any atom is 0.108 e. The summed E-state index contributed by atoms with van der Waals surface area (Å²) in [5.74, 6) is 0.955. The number of rotatable bonds is 2. The number of hydrogen-bond donors (Lipinski definition) is 2. The van der Waals surface area contributed by atoms with Gasteiger partial charge in [0.15, 0.2) is 0 Å². The highest BCUT2D eigenvalue weighted by atomic mass is 35.5. The number of aromatic amines is 1. The minimum Gasteiger partial charge on any atom is -0.379 e. The Hall–Kier alpha value is -1.10. The summed E-state index contributed by atoms with van der Waals surface area (Å²) < 4.78 is 5.42. The van der Waals surface area contributed by atoms with Crippen molar-refractivity contribution >= 4 is 22.6 Å². The maximum absolute atomic E-state index is 6.09. The number of hydrogen-bond acceptors (Lipinski definition) is 3. The molecule has 1 aliphatic heterocycles. The second-order valence-electron chi connectivity index (χ2n) is 4.25. The fourth-order valence-electron chi connectivity index (χ4n) is 2.13. The third-order valence-electron chi connectivity index (χ3n) is 2.95. The van der Waals surface area contributed by atoms with Gasteiger partial charge in [-0.15, -0.1) is 0 Å². The van der Waals surface area contributed by atoms with Crippen LogP contribution in [0.25, 0.3) is 11.0 Å². The lowest BCUT2D eigenvalue weighted by molar-refractivity contribution is 0.0765. The Kier molecular flexibility index (Phi) is 3.01. The molecule has 90 valence electrons. The summed E-state index contributed by atoms with van der Waals surface area (Å²) in [4.78, 5) is 7.82. The van der Waals surface area contributed by atoms with E-state index in [1.54, 1.807) is 0 Å². The van der Waals surface area contributed by atoms with E-state index in [-0.39, 0.29) is 0 Å². The number of ether oxygens (including phenoxy) is 1. The number of fused-ring (bicyclic) bond motifs is 1. The number of halogens is 1. The van der Waals surface area contributed by atoms with Gasteiger partial charge in [0.25, 0.3) is 0 Å².